The van der Waals surface area contributed by atoms with Gasteiger partial charge in [-0.05, 0) is 25.1 Å². The van der Waals surface area contributed by atoms with Gasteiger partial charge in [0.25, 0.3) is 0 Å². The van der Waals surface area contributed by atoms with E-state index in [0.29, 0.717) is 5.02 Å². The molecule has 0 saturated carbocycles. The summed E-state index contributed by atoms with van der Waals surface area (Å²) in [5.41, 5.74) is 2.83. The first-order chi connectivity index (χ1) is 11.2. The monoisotopic (exact) mass is 329 g/mol. The van der Waals surface area contributed by atoms with E-state index in [-0.39, 0.29) is 0 Å². The molecule has 1 aliphatic rings. The largest absolute Gasteiger partial charge is 0.365 e. The van der Waals surface area contributed by atoms with Gasteiger partial charge in [-0.2, -0.15) is 9.61 Å². The van der Waals surface area contributed by atoms with E-state index in [2.05, 4.69) is 36.1 Å². The number of halogens is 1. The van der Waals surface area contributed by atoms with Crippen LogP contribution in [-0.2, 0) is 0 Å². The van der Waals surface area contributed by atoms with Crippen LogP contribution in [0.5, 0.6) is 0 Å². The number of rotatable bonds is 2. The smallest absolute Gasteiger partial charge is 0.200 e. The van der Waals surface area contributed by atoms with Crippen molar-refractivity contribution < 1.29 is 0 Å². The van der Waals surface area contributed by atoms with Crippen molar-refractivity contribution >= 4 is 28.8 Å². The molecular formula is C15H16ClN7. The van der Waals surface area contributed by atoms with E-state index < -0.39 is 0 Å². The molecule has 23 heavy (non-hydrogen) atoms. The quantitative estimate of drug-likeness (QED) is 0.714. The molecule has 0 atom stereocenters. The van der Waals surface area contributed by atoms with E-state index >= 15 is 0 Å². The summed E-state index contributed by atoms with van der Waals surface area (Å²) < 4.78 is 1.73. The normalized spacial score (nSPS) is 15.4. The van der Waals surface area contributed by atoms with Gasteiger partial charge in [0.05, 0.1) is 16.4 Å². The molecule has 4 heterocycles. The summed E-state index contributed by atoms with van der Waals surface area (Å²) in [6.45, 7) is 5.58. The fraction of sp³-hybridized carbons (Fsp3) is 0.333. The van der Waals surface area contributed by atoms with Crippen LogP contribution in [-0.4, -0.2) is 51.0 Å². The van der Waals surface area contributed by atoms with Gasteiger partial charge in [0.2, 0.25) is 5.65 Å². The SMILES string of the molecule is Cc1cc(N2CCN(c3ccc(Cl)cn3)CC2)c2nncn2n1. The summed E-state index contributed by atoms with van der Waals surface area (Å²) >= 11 is 5.90. The Morgan fingerprint density at radius 3 is 2.61 bits per heavy atom. The maximum Gasteiger partial charge on any atom is 0.200 e. The molecule has 0 unspecified atom stereocenters. The Labute approximate surface area is 138 Å². The Kier molecular flexibility index (Phi) is 3.49. The standard InChI is InChI=1S/C15H16ClN7/c1-11-8-13(15-19-18-10-23(15)20-11)21-4-6-22(7-5-21)14-3-2-12(16)9-17-14/h2-3,8-10H,4-7H2,1H3. The van der Waals surface area contributed by atoms with Crippen molar-refractivity contribution in [1.82, 2.24) is 24.8 Å². The second-order valence-corrected chi connectivity index (χ2v) is 6.02. The molecular weight excluding hydrogens is 314 g/mol. The molecule has 1 fully saturated rings. The molecule has 1 aliphatic heterocycles. The molecule has 0 aliphatic carbocycles. The maximum atomic E-state index is 5.90. The molecule has 0 N–H and O–H groups in total. The highest BCUT2D eigenvalue weighted by Gasteiger charge is 2.21. The van der Waals surface area contributed by atoms with Crippen LogP contribution in [0, 0.1) is 6.92 Å². The number of hydrogen-bond donors (Lipinski definition) is 0. The Hall–Kier alpha value is -2.41. The van der Waals surface area contributed by atoms with Crippen molar-refractivity contribution in [1.29, 1.82) is 0 Å². The van der Waals surface area contributed by atoms with Crippen molar-refractivity contribution in [2.45, 2.75) is 6.92 Å². The number of fused-ring (bicyclic) bond motifs is 1. The summed E-state index contributed by atoms with van der Waals surface area (Å²) in [4.78, 5) is 8.98. The minimum Gasteiger partial charge on any atom is -0.365 e. The Balaban J connectivity index is 1.55. The van der Waals surface area contributed by atoms with E-state index in [9.17, 15) is 0 Å². The lowest BCUT2D eigenvalue weighted by Crippen LogP contribution is -2.47. The highest BCUT2D eigenvalue weighted by molar-refractivity contribution is 6.30. The fourth-order valence-corrected chi connectivity index (χ4v) is 3.01. The molecule has 7 nitrogen and oxygen atoms in total. The lowest BCUT2D eigenvalue weighted by molar-refractivity contribution is 0.646. The number of piperazine rings is 1. The zero-order valence-corrected chi connectivity index (χ0v) is 13.5. The summed E-state index contributed by atoms with van der Waals surface area (Å²) in [6.07, 6.45) is 3.33. The summed E-state index contributed by atoms with van der Waals surface area (Å²) in [6, 6.07) is 5.91. The molecule has 0 bridgehead atoms. The van der Waals surface area contributed by atoms with Gasteiger partial charge in [0, 0.05) is 32.4 Å². The molecule has 3 aromatic heterocycles. The molecule has 3 aromatic rings. The Morgan fingerprint density at radius 1 is 1.09 bits per heavy atom. The van der Waals surface area contributed by atoms with Crippen LogP contribution in [0.3, 0.4) is 0 Å². The van der Waals surface area contributed by atoms with Gasteiger partial charge in [-0.15, -0.1) is 10.2 Å². The Bertz CT molecular complexity index is 821. The number of anilines is 2. The van der Waals surface area contributed by atoms with Crippen molar-refractivity contribution in [3.05, 3.63) is 41.4 Å². The first-order valence-corrected chi connectivity index (χ1v) is 7.87. The second kappa shape index (κ2) is 5.66. The molecule has 0 spiro atoms. The predicted octanol–water partition coefficient (Wildman–Crippen LogP) is 1.81. The minimum absolute atomic E-state index is 0.661. The van der Waals surface area contributed by atoms with E-state index in [1.807, 2.05) is 19.1 Å². The van der Waals surface area contributed by atoms with Gasteiger partial charge in [-0.1, -0.05) is 11.6 Å². The molecule has 4 rings (SSSR count). The molecule has 118 valence electrons. The van der Waals surface area contributed by atoms with Gasteiger partial charge in [-0.3, -0.25) is 0 Å². The van der Waals surface area contributed by atoms with Gasteiger partial charge >= 0.3 is 0 Å². The minimum atomic E-state index is 0.661. The lowest BCUT2D eigenvalue weighted by Gasteiger charge is -2.36. The van der Waals surface area contributed by atoms with Crippen LogP contribution in [0.4, 0.5) is 11.5 Å². The highest BCUT2D eigenvalue weighted by atomic mass is 35.5. The van der Waals surface area contributed by atoms with Crippen LogP contribution in [0.15, 0.2) is 30.7 Å². The zero-order valence-electron chi connectivity index (χ0n) is 12.7. The van der Waals surface area contributed by atoms with E-state index in [4.69, 9.17) is 11.6 Å². The van der Waals surface area contributed by atoms with E-state index in [1.54, 1.807) is 17.0 Å². The maximum absolute atomic E-state index is 5.90. The van der Waals surface area contributed by atoms with Crippen molar-refractivity contribution in [3.63, 3.8) is 0 Å². The first kappa shape index (κ1) is 14.2. The number of aryl methyl sites for hydroxylation is 1. The molecule has 0 aromatic carbocycles. The number of nitrogens with zero attached hydrogens (tertiary/aromatic N) is 7. The number of aromatic nitrogens is 5. The van der Waals surface area contributed by atoms with Gasteiger partial charge < -0.3 is 9.80 Å². The van der Waals surface area contributed by atoms with Crippen molar-refractivity contribution in [2.75, 3.05) is 36.0 Å². The van der Waals surface area contributed by atoms with Crippen LogP contribution >= 0.6 is 11.6 Å². The van der Waals surface area contributed by atoms with Crippen LogP contribution < -0.4 is 9.80 Å². The molecule has 1 saturated heterocycles. The van der Waals surface area contributed by atoms with Gasteiger partial charge in [-0.25, -0.2) is 4.98 Å². The van der Waals surface area contributed by atoms with Crippen molar-refractivity contribution in [3.8, 4) is 0 Å². The average molecular weight is 330 g/mol. The van der Waals surface area contributed by atoms with Gasteiger partial charge in [0.1, 0.15) is 12.1 Å². The number of pyridine rings is 1. The fourth-order valence-electron chi connectivity index (χ4n) is 2.90. The lowest BCUT2D eigenvalue weighted by atomic mass is 10.2. The van der Waals surface area contributed by atoms with Crippen LogP contribution in [0.2, 0.25) is 5.02 Å². The van der Waals surface area contributed by atoms with Crippen LogP contribution in [0.25, 0.3) is 5.65 Å². The van der Waals surface area contributed by atoms with Crippen LogP contribution in [0.1, 0.15) is 5.69 Å². The molecule has 0 radical (unpaired) electrons. The summed E-state index contributed by atoms with van der Waals surface area (Å²) in [5.74, 6) is 0.965. The van der Waals surface area contributed by atoms with Crippen molar-refractivity contribution in [2.24, 2.45) is 0 Å². The van der Waals surface area contributed by atoms with Gasteiger partial charge in [0.15, 0.2) is 0 Å². The topological polar surface area (TPSA) is 62.5 Å². The second-order valence-electron chi connectivity index (χ2n) is 5.58. The zero-order chi connectivity index (χ0) is 15.8. The first-order valence-electron chi connectivity index (χ1n) is 7.50. The van der Waals surface area contributed by atoms with E-state index in [0.717, 1.165) is 49.0 Å². The molecule has 8 heteroatoms. The third kappa shape index (κ3) is 2.68. The number of hydrogen-bond acceptors (Lipinski definition) is 6. The third-order valence-corrected chi connectivity index (χ3v) is 4.25. The summed E-state index contributed by atoms with van der Waals surface area (Å²) in [5, 5.41) is 13.2. The average Bonchev–Trinajstić information content (AvgIpc) is 3.03. The highest BCUT2D eigenvalue weighted by Crippen LogP contribution is 2.23. The Morgan fingerprint density at radius 2 is 1.87 bits per heavy atom. The predicted molar refractivity (Wildman–Crippen MR) is 89.2 cm³/mol. The third-order valence-electron chi connectivity index (χ3n) is 4.03. The molecule has 0 amide bonds. The summed E-state index contributed by atoms with van der Waals surface area (Å²) in [7, 11) is 0. The van der Waals surface area contributed by atoms with E-state index in [1.165, 1.54) is 0 Å².